The Labute approximate surface area is 139 Å². The summed E-state index contributed by atoms with van der Waals surface area (Å²) in [4.78, 5) is 23.2. The van der Waals surface area contributed by atoms with Crippen molar-refractivity contribution in [2.45, 2.75) is 23.8 Å². The van der Waals surface area contributed by atoms with Crippen molar-refractivity contribution in [1.82, 2.24) is 4.72 Å². The fourth-order valence-electron chi connectivity index (χ4n) is 1.87. The molecule has 0 unspecified atom stereocenters. The molecule has 1 fully saturated rings. The molecule has 0 bridgehead atoms. The molecule has 24 heavy (non-hydrogen) atoms. The maximum atomic E-state index is 12.4. The highest BCUT2D eigenvalue weighted by Crippen LogP contribution is 2.26. The first-order valence-corrected chi connectivity index (χ1v) is 8.62. The van der Waals surface area contributed by atoms with Crippen LogP contribution in [0.15, 0.2) is 40.9 Å². The SMILES string of the molecule is COC(=O)/C=C(/Nc1ccccc1S(=O)(=O)NC1CC1)C(=O)OC. The molecule has 0 aromatic heterocycles. The molecule has 2 N–H and O–H groups in total. The molecule has 1 aromatic rings. The largest absolute Gasteiger partial charge is 0.466 e. The molecule has 1 aromatic carbocycles. The van der Waals surface area contributed by atoms with Crippen molar-refractivity contribution >= 4 is 27.6 Å². The minimum absolute atomic E-state index is 0.0310. The Balaban J connectivity index is 2.35. The van der Waals surface area contributed by atoms with Crippen LogP contribution in [0.5, 0.6) is 0 Å². The van der Waals surface area contributed by atoms with Gasteiger partial charge in [-0.3, -0.25) is 0 Å². The van der Waals surface area contributed by atoms with E-state index in [-0.39, 0.29) is 22.3 Å². The number of nitrogens with one attached hydrogen (secondary N) is 2. The second-order valence-electron chi connectivity index (χ2n) is 5.09. The van der Waals surface area contributed by atoms with Gasteiger partial charge in [0.25, 0.3) is 0 Å². The van der Waals surface area contributed by atoms with Crippen molar-refractivity contribution in [1.29, 1.82) is 0 Å². The Morgan fingerprint density at radius 1 is 1.17 bits per heavy atom. The fourth-order valence-corrected chi connectivity index (χ4v) is 3.33. The van der Waals surface area contributed by atoms with Crippen LogP contribution in [0.1, 0.15) is 12.8 Å². The summed E-state index contributed by atoms with van der Waals surface area (Å²) >= 11 is 0. The summed E-state index contributed by atoms with van der Waals surface area (Å²) < 4.78 is 36.5. The number of carbonyl (C=O) groups is 2. The van der Waals surface area contributed by atoms with E-state index in [9.17, 15) is 18.0 Å². The highest BCUT2D eigenvalue weighted by Gasteiger charge is 2.29. The summed E-state index contributed by atoms with van der Waals surface area (Å²) in [7, 11) is -1.44. The lowest BCUT2D eigenvalue weighted by Crippen LogP contribution is -2.27. The quantitative estimate of drug-likeness (QED) is 0.549. The monoisotopic (exact) mass is 354 g/mol. The third-order valence-electron chi connectivity index (χ3n) is 3.21. The van der Waals surface area contributed by atoms with Gasteiger partial charge < -0.3 is 14.8 Å². The Hall–Kier alpha value is -2.39. The van der Waals surface area contributed by atoms with Crippen molar-refractivity contribution in [2.24, 2.45) is 0 Å². The first kappa shape index (κ1) is 18.0. The zero-order valence-corrected chi connectivity index (χ0v) is 14.1. The van der Waals surface area contributed by atoms with Crippen molar-refractivity contribution in [3.05, 3.63) is 36.0 Å². The van der Waals surface area contributed by atoms with Crippen LogP contribution < -0.4 is 10.0 Å². The predicted octanol–water partition coefficient (Wildman–Crippen LogP) is 0.769. The lowest BCUT2D eigenvalue weighted by molar-refractivity contribution is -0.138. The van der Waals surface area contributed by atoms with Gasteiger partial charge in [-0.05, 0) is 25.0 Å². The molecule has 0 heterocycles. The van der Waals surface area contributed by atoms with Gasteiger partial charge in [-0.1, -0.05) is 12.1 Å². The van der Waals surface area contributed by atoms with Gasteiger partial charge in [0.05, 0.1) is 26.0 Å². The molecule has 1 aliphatic rings. The number of benzene rings is 1. The van der Waals surface area contributed by atoms with Crippen LogP contribution in [-0.2, 0) is 29.1 Å². The Bertz CT molecular complexity index is 768. The van der Waals surface area contributed by atoms with Crippen molar-refractivity contribution in [2.75, 3.05) is 19.5 Å². The smallest absolute Gasteiger partial charge is 0.354 e. The minimum Gasteiger partial charge on any atom is -0.466 e. The summed E-state index contributed by atoms with van der Waals surface area (Å²) in [6, 6.07) is 5.99. The molecule has 130 valence electrons. The molecule has 0 spiro atoms. The number of carbonyl (C=O) groups excluding carboxylic acids is 2. The fraction of sp³-hybridized carbons (Fsp3) is 0.333. The van der Waals surface area contributed by atoms with Crippen molar-refractivity contribution < 1.29 is 27.5 Å². The topological polar surface area (TPSA) is 111 Å². The molecular weight excluding hydrogens is 336 g/mol. The van der Waals surface area contributed by atoms with E-state index < -0.39 is 22.0 Å². The molecule has 0 radical (unpaired) electrons. The third-order valence-corrected chi connectivity index (χ3v) is 4.79. The molecule has 8 nitrogen and oxygen atoms in total. The second-order valence-corrected chi connectivity index (χ2v) is 6.77. The van der Waals surface area contributed by atoms with Gasteiger partial charge in [-0.15, -0.1) is 0 Å². The Kier molecular flexibility index (Phi) is 5.58. The first-order chi connectivity index (χ1) is 11.4. The van der Waals surface area contributed by atoms with Gasteiger partial charge in [0.1, 0.15) is 10.6 Å². The summed E-state index contributed by atoms with van der Waals surface area (Å²) in [6.45, 7) is 0. The van der Waals surface area contributed by atoms with Gasteiger partial charge in [0.15, 0.2) is 0 Å². The van der Waals surface area contributed by atoms with E-state index in [0.717, 1.165) is 33.1 Å². The summed E-state index contributed by atoms with van der Waals surface area (Å²) in [6.07, 6.45) is 2.48. The van der Waals surface area contributed by atoms with E-state index in [1.807, 2.05) is 0 Å². The Morgan fingerprint density at radius 3 is 2.42 bits per heavy atom. The van der Waals surface area contributed by atoms with Crippen LogP contribution in [0.25, 0.3) is 0 Å². The normalized spacial score (nSPS) is 14.8. The molecule has 0 saturated heterocycles. The van der Waals surface area contributed by atoms with E-state index in [0.29, 0.717) is 0 Å². The number of rotatable bonds is 7. The average Bonchev–Trinajstić information content (AvgIpc) is 3.36. The summed E-state index contributed by atoms with van der Waals surface area (Å²) in [5.41, 5.74) is -0.0929. The van der Waals surface area contributed by atoms with Crippen molar-refractivity contribution in [3.8, 4) is 0 Å². The Morgan fingerprint density at radius 2 is 1.83 bits per heavy atom. The second kappa shape index (κ2) is 7.45. The molecule has 1 aliphatic carbocycles. The first-order valence-electron chi connectivity index (χ1n) is 7.13. The molecule has 0 amide bonds. The van der Waals surface area contributed by atoms with Crippen molar-refractivity contribution in [3.63, 3.8) is 0 Å². The predicted molar refractivity (Wildman–Crippen MR) is 85.5 cm³/mol. The molecule has 0 atom stereocenters. The summed E-state index contributed by atoms with van der Waals surface area (Å²) in [5, 5.41) is 2.63. The molecule has 2 rings (SSSR count). The van der Waals surface area contributed by atoms with E-state index in [1.165, 1.54) is 12.1 Å². The van der Waals surface area contributed by atoms with E-state index in [1.54, 1.807) is 12.1 Å². The van der Waals surface area contributed by atoms with Gasteiger partial charge in [-0.25, -0.2) is 22.7 Å². The maximum Gasteiger partial charge on any atom is 0.354 e. The number of sulfonamides is 1. The third kappa shape index (κ3) is 4.56. The molecule has 0 aliphatic heterocycles. The number of anilines is 1. The van der Waals surface area contributed by atoms with Gasteiger partial charge in [0.2, 0.25) is 10.0 Å². The van der Waals surface area contributed by atoms with Crippen LogP contribution in [0.4, 0.5) is 5.69 Å². The highest BCUT2D eigenvalue weighted by atomic mass is 32.2. The van der Waals surface area contributed by atoms with Crippen LogP contribution in [0, 0.1) is 0 Å². The summed E-state index contributed by atoms with van der Waals surface area (Å²) in [5.74, 6) is -1.61. The van der Waals surface area contributed by atoms with E-state index in [4.69, 9.17) is 0 Å². The van der Waals surface area contributed by atoms with Crippen LogP contribution in [-0.4, -0.2) is 40.6 Å². The number of hydrogen-bond donors (Lipinski definition) is 2. The van der Waals surface area contributed by atoms with Gasteiger partial charge in [-0.2, -0.15) is 0 Å². The minimum atomic E-state index is -3.75. The lowest BCUT2D eigenvalue weighted by Gasteiger charge is -2.14. The van der Waals surface area contributed by atoms with E-state index in [2.05, 4.69) is 19.5 Å². The zero-order chi connectivity index (χ0) is 17.7. The maximum absolute atomic E-state index is 12.4. The number of methoxy groups -OCH3 is 2. The van der Waals surface area contributed by atoms with E-state index >= 15 is 0 Å². The molecule has 9 heteroatoms. The highest BCUT2D eigenvalue weighted by molar-refractivity contribution is 7.89. The van der Waals surface area contributed by atoms with Gasteiger partial charge in [0, 0.05) is 6.04 Å². The average molecular weight is 354 g/mol. The molecule has 1 saturated carbocycles. The van der Waals surface area contributed by atoms with Crippen LogP contribution >= 0.6 is 0 Å². The zero-order valence-electron chi connectivity index (χ0n) is 13.2. The number of esters is 2. The molecular formula is C15H18N2O6S. The number of hydrogen-bond acceptors (Lipinski definition) is 7. The standard InChI is InChI=1S/C15H18N2O6S/c1-22-14(18)9-12(15(19)23-2)16-11-5-3-4-6-13(11)24(20,21)17-10-7-8-10/h3-6,9-10,16-17H,7-8H2,1-2H3/b12-9+. The van der Waals surface area contributed by atoms with Crippen LogP contribution in [0.2, 0.25) is 0 Å². The number of para-hydroxylation sites is 1. The number of ether oxygens (including phenoxy) is 2. The lowest BCUT2D eigenvalue weighted by atomic mass is 10.3. The van der Waals surface area contributed by atoms with Gasteiger partial charge >= 0.3 is 11.9 Å². The van der Waals surface area contributed by atoms with Crippen LogP contribution in [0.3, 0.4) is 0 Å².